The Labute approximate surface area is 201 Å². The largest absolute Gasteiger partial charge is 0.416 e. The SMILES string of the molecule is CC[C@@H](NC(=O)c1cc(C(=O)N2CCCC2C)n2c1COCC2)c1ccc(C(F)(F)F)cc1Cl. The zero-order valence-corrected chi connectivity index (χ0v) is 19.8. The summed E-state index contributed by atoms with van der Waals surface area (Å²) in [5, 5.41) is 2.81. The van der Waals surface area contributed by atoms with Gasteiger partial charge in [0.05, 0.1) is 36.1 Å². The average Bonchev–Trinajstić information content (AvgIpc) is 3.40. The molecule has 6 nitrogen and oxygen atoms in total. The Morgan fingerprint density at radius 1 is 1.26 bits per heavy atom. The molecule has 1 aromatic heterocycles. The smallest absolute Gasteiger partial charge is 0.373 e. The standard InChI is InChI=1S/C24H27ClF3N3O3/c1-3-19(16-7-6-15(11-18(16)25)24(26,27)28)29-22(32)17-12-20(31-9-10-34-13-21(17)31)23(33)30-8-4-5-14(30)2/h6-7,11-12,14,19H,3-5,8-10,13H2,1-2H3,(H,29,32)/t14?,19-/m1/s1. The van der Waals surface area contributed by atoms with Gasteiger partial charge >= 0.3 is 6.18 Å². The number of hydrogen-bond acceptors (Lipinski definition) is 3. The maximum absolute atomic E-state index is 13.3. The Balaban J connectivity index is 1.61. The molecule has 2 aliphatic heterocycles. The minimum atomic E-state index is -4.51. The number of aromatic nitrogens is 1. The molecule has 0 spiro atoms. The van der Waals surface area contributed by atoms with Gasteiger partial charge < -0.3 is 19.5 Å². The van der Waals surface area contributed by atoms with Crippen LogP contribution in [0.25, 0.3) is 0 Å². The molecule has 2 amide bonds. The number of carbonyl (C=O) groups is 2. The van der Waals surface area contributed by atoms with E-state index in [9.17, 15) is 22.8 Å². The summed E-state index contributed by atoms with van der Waals surface area (Å²) >= 11 is 6.16. The zero-order valence-electron chi connectivity index (χ0n) is 19.0. The summed E-state index contributed by atoms with van der Waals surface area (Å²) < 4.78 is 46.4. The maximum Gasteiger partial charge on any atom is 0.416 e. The average molecular weight is 498 g/mol. The highest BCUT2D eigenvalue weighted by molar-refractivity contribution is 6.31. The van der Waals surface area contributed by atoms with Gasteiger partial charge in [-0.3, -0.25) is 9.59 Å². The van der Waals surface area contributed by atoms with Crippen LogP contribution in [0.2, 0.25) is 5.02 Å². The lowest BCUT2D eigenvalue weighted by atomic mass is 10.0. The number of nitrogens with zero attached hydrogens (tertiary/aromatic N) is 2. The lowest BCUT2D eigenvalue weighted by Gasteiger charge is -2.24. The number of rotatable bonds is 5. The van der Waals surface area contributed by atoms with E-state index in [1.165, 1.54) is 6.07 Å². The van der Waals surface area contributed by atoms with Crippen LogP contribution in [0.4, 0.5) is 13.2 Å². The number of halogens is 4. The molecule has 0 aliphatic carbocycles. The molecule has 10 heteroatoms. The fourth-order valence-corrected chi connectivity index (χ4v) is 5.01. The first-order valence-corrected chi connectivity index (χ1v) is 11.8. The first-order valence-electron chi connectivity index (χ1n) is 11.4. The molecule has 2 aromatic rings. The molecule has 0 bridgehead atoms. The quantitative estimate of drug-likeness (QED) is 0.618. The van der Waals surface area contributed by atoms with E-state index in [1.807, 2.05) is 16.4 Å². The second-order valence-electron chi connectivity index (χ2n) is 8.75. The van der Waals surface area contributed by atoms with E-state index in [2.05, 4.69) is 5.32 Å². The fourth-order valence-electron chi connectivity index (χ4n) is 4.70. The lowest BCUT2D eigenvalue weighted by Crippen LogP contribution is -2.35. The van der Waals surface area contributed by atoms with Gasteiger partial charge in [-0.1, -0.05) is 24.6 Å². The summed E-state index contributed by atoms with van der Waals surface area (Å²) in [7, 11) is 0. The van der Waals surface area contributed by atoms with Crippen LogP contribution >= 0.6 is 11.6 Å². The van der Waals surface area contributed by atoms with E-state index >= 15 is 0 Å². The summed E-state index contributed by atoms with van der Waals surface area (Å²) in [6.07, 6.45) is -2.19. The zero-order chi connectivity index (χ0) is 24.6. The van der Waals surface area contributed by atoms with Gasteiger partial charge in [0.15, 0.2) is 0 Å². The van der Waals surface area contributed by atoms with Crippen molar-refractivity contribution in [2.45, 2.75) is 64.5 Å². The molecule has 34 heavy (non-hydrogen) atoms. The Hall–Kier alpha value is -2.52. The van der Waals surface area contributed by atoms with Crippen molar-refractivity contribution in [3.8, 4) is 0 Å². The number of likely N-dealkylation sites (tertiary alicyclic amines) is 1. The van der Waals surface area contributed by atoms with Gasteiger partial charge in [0.25, 0.3) is 11.8 Å². The number of benzene rings is 1. The normalized spacial score (nSPS) is 19.1. The highest BCUT2D eigenvalue weighted by Gasteiger charge is 2.34. The predicted octanol–water partition coefficient (Wildman–Crippen LogP) is 5.20. The minimum Gasteiger partial charge on any atom is -0.373 e. The topological polar surface area (TPSA) is 63.6 Å². The van der Waals surface area contributed by atoms with Crippen LogP contribution in [0, 0.1) is 0 Å². The molecular weight excluding hydrogens is 471 g/mol. The predicted molar refractivity (Wildman–Crippen MR) is 121 cm³/mol. The van der Waals surface area contributed by atoms with Crippen LogP contribution in [0.3, 0.4) is 0 Å². The third-order valence-corrected chi connectivity index (χ3v) is 6.93. The molecule has 1 saturated heterocycles. The van der Waals surface area contributed by atoms with Crippen LogP contribution in [-0.4, -0.2) is 40.5 Å². The monoisotopic (exact) mass is 497 g/mol. The van der Waals surface area contributed by atoms with Gasteiger partial charge in [0.1, 0.15) is 5.69 Å². The molecule has 1 aromatic carbocycles. The molecule has 4 rings (SSSR count). The highest BCUT2D eigenvalue weighted by Crippen LogP contribution is 2.35. The summed E-state index contributed by atoms with van der Waals surface area (Å²) in [6, 6.07) is 4.27. The number of amides is 2. The van der Waals surface area contributed by atoms with Crippen molar-refractivity contribution in [2.75, 3.05) is 13.2 Å². The van der Waals surface area contributed by atoms with Crippen molar-refractivity contribution < 1.29 is 27.5 Å². The van der Waals surface area contributed by atoms with Crippen LogP contribution in [0.15, 0.2) is 24.3 Å². The Morgan fingerprint density at radius 2 is 2.03 bits per heavy atom. The first-order chi connectivity index (χ1) is 16.1. The highest BCUT2D eigenvalue weighted by atomic mass is 35.5. The van der Waals surface area contributed by atoms with E-state index in [1.54, 1.807) is 13.0 Å². The van der Waals surface area contributed by atoms with E-state index in [4.69, 9.17) is 16.3 Å². The van der Waals surface area contributed by atoms with Gasteiger partial charge in [-0.2, -0.15) is 13.2 Å². The summed E-state index contributed by atoms with van der Waals surface area (Å²) in [6.45, 7) is 5.61. The molecule has 0 saturated carbocycles. The van der Waals surface area contributed by atoms with Crippen molar-refractivity contribution in [3.05, 3.63) is 57.4 Å². The van der Waals surface area contributed by atoms with Crippen LogP contribution in [0.5, 0.6) is 0 Å². The third-order valence-electron chi connectivity index (χ3n) is 6.60. The molecule has 1 unspecified atom stereocenters. The number of carbonyl (C=O) groups excluding carboxylic acids is 2. The number of fused-ring (bicyclic) bond motifs is 1. The van der Waals surface area contributed by atoms with E-state index in [-0.39, 0.29) is 23.6 Å². The summed E-state index contributed by atoms with van der Waals surface area (Å²) in [5.74, 6) is -0.532. The third kappa shape index (κ3) is 4.68. The van der Waals surface area contributed by atoms with E-state index in [0.717, 1.165) is 25.0 Å². The number of ether oxygens (including phenoxy) is 1. The van der Waals surface area contributed by atoms with Crippen molar-refractivity contribution in [2.24, 2.45) is 0 Å². The van der Waals surface area contributed by atoms with Crippen molar-refractivity contribution in [3.63, 3.8) is 0 Å². The molecule has 1 N–H and O–H groups in total. The van der Waals surface area contributed by atoms with Crippen molar-refractivity contribution >= 4 is 23.4 Å². The van der Waals surface area contributed by atoms with Gasteiger partial charge in [0.2, 0.25) is 0 Å². The van der Waals surface area contributed by atoms with Gasteiger partial charge in [-0.15, -0.1) is 0 Å². The van der Waals surface area contributed by atoms with Gasteiger partial charge in [-0.25, -0.2) is 0 Å². The Kier molecular flexibility index (Phi) is 6.96. The van der Waals surface area contributed by atoms with E-state index in [0.29, 0.717) is 48.6 Å². The van der Waals surface area contributed by atoms with Crippen LogP contribution in [-0.2, 0) is 24.1 Å². The second kappa shape index (κ2) is 9.62. The van der Waals surface area contributed by atoms with Crippen molar-refractivity contribution in [1.82, 2.24) is 14.8 Å². The van der Waals surface area contributed by atoms with Crippen LogP contribution < -0.4 is 5.32 Å². The molecular formula is C24H27ClF3N3O3. The number of alkyl halides is 3. The lowest BCUT2D eigenvalue weighted by molar-refractivity contribution is -0.137. The molecule has 1 fully saturated rings. The first kappa shape index (κ1) is 24.6. The summed E-state index contributed by atoms with van der Waals surface area (Å²) in [5.41, 5.74) is 0.957. The maximum atomic E-state index is 13.3. The van der Waals surface area contributed by atoms with Crippen molar-refractivity contribution in [1.29, 1.82) is 0 Å². The molecule has 2 aliphatic rings. The molecule has 3 heterocycles. The van der Waals surface area contributed by atoms with Gasteiger partial charge in [-0.05, 0) is 49.9 Å². The molecule has 2 atom stereocenters. The molecule has 184 valence electrons. The number of nitrogens with one attached hydrogen (secondary N) is 1. The second-order valence-corrected chi connectivity index (χ2v) is 9.16. The fraction of sp³-hybridized carbons (Fsp3) is 0.500. The molecule has 0 radical (unpaired) electrons. The Bertz CT molecular complexity index is 1100. The minimum absolute atomic E-state index is 0.0666. The van der Waals surface area contributed by atoms with Gasteiger partial charge in [0, 0.05) is 24.2 Å². The van der Waals surface area contributed by atoms with Crippen LogP contribution in [0.1, 0.15) is 76.8 Å². The summed E-state index contributed by atoms with van der Waals surface area (Å²) in [4.78, 5) is 28.4. The number of hydrogen-bond donors (Lipinski definition) is 1. The Morgan fingerprint density at radius 3 is 2.65 bits per heavy atom. The van der Waals surface area contributed by atoms with E-state index < -0.39 is 23.7 Å².